The fourth-order valence-corrected chi connectivity index (χ4v) is 6.20. The number of hydrogen-bond acceptors (Lipinski definition) is 7. The number of carbonyl (C=O) groups excluding carboxylic acids is 1. The molecule has 0 spiro atoms. The Morgan fingerprint density at radius 3 is 2.69 bits per heavy atom. The van der Waals surface area contributed by atoms with Crippen LogP contribution in [0.3, 0.4) is 0 Å². The summed E-state index contributed by atoms with van der Waals surface area (Å²) >= 11 is 6.81. The highest BCUT2D eigenvalue weighted by Crippen LogP contribution is 2.43. The first-order valence-electron chi connectivity index (χ1n) is 13.7. The molecule has 2 aliphatic rings. The number of aliphatic hydroxyl groups excluding tert-OH is 1. The zero-order chi connectivity index (χ0) is 28.0. The molecule has 4 rings (SSSR count). The molecular formula is C30H41ClN2O6. The van der Waals surface area contributed by atoms with Gasteiger partial charge in [-0.05, 0) is 60.9 Å². The molecule has 5 atom stereocenters. The summed E-state index contributed by atoms with van der Waals surface area (Å²) in [6.07, 6.45) is 1.34. The van der Waals surface area contributed by atoms with Crippen LogP contribution >= 0.6 is 11.6 Å². The van der Waals surface area contributed by atoms with Crippen LogP contribution in [0.1, 0.15) is 43.2 Å². The fraction of sp³-hybridized carbons (Fsp3) is 0.567. The second-order valence-corrected chi connectivity index (χ2v) is 11.1. The number of unbranched alkanes of at least 4 members (excludes halogenated alkanes) is 1. The molecule has 39 heavy (non-hydrogen) atoms. The lowest BCUT2D eigenvalue weighted by molar-refractivity contribution is -0.167. The predicted octanol–water partition coefficient (Wildman–Crippen LogP) is 3.48. The summed E-state index contributed by atoms with van der Waals surface area (Å²) in [4.78, 5) is 15.2. The van der Waals surface area contributed by atoms with Crippen LogP contribution in [-0.2, 0) is 31.2 Å². The van der Waals surface area contributed by atoms with Gasteiger partial charge in [-0.25, -0.2) is 0 Å². The monoisotopic (exact) mass is 560 g/mol. The maximum Gasteiger partial charge on any atom is 0.226 e. The number of nitrogens with two attached hydrogens (primary N) is 1. The van der Waals surface area contributed by atoms with E-state index in [4.69, 9.17) is 31.5 Å². The molecule has 4 N–H and O–H groups in total. The number of benzene rings is 2. The highest BCUT2D eigenvalue weighted by Gasteiger charge is 2.45. The van der Waals surface area contributed by atoms with Gasteiger partial charge in [-0.15, -0.1) is 0 Å². The van der Waals surface area contributed by atoms with Gasteiger partial charge in [-0.2, -0.15) is 0 Å². The number of hydrogen-bond donors (Lipinski definition) is 3. The summed E-state index contributed by atoms with van der Waals surface area (Å²) in [5.74, 6) is -0.371. The summed E-state index contributed by atoms with van der Waals surface area (Å²) in [7, 11) is 3.31. The van der Waals surface area contributed by atoms with E-state index in [1.54, 1.807) is 19.1 Å². The van der Waals surface area contributed by atoms with Gasteiger partial charge in [0, 0.05) is 49.9 Å². The van der Waals surface area contributed by atoms with Gasteiger partial charge < -0.3 is 35.1 Å². The molecule has 0 radical (unpaired) electrons. The zero-order valence-electron chi connectivity index (χ0n) is 22.9. The Bertz CT molecular complexity index is 1110. The van der Waals surface area contributed by atoms with Crippen LogP contribution in [0, 0.1) is 5.92 Å². The van der Waals surface area contributed by atoms with Crippen molar-refractivity contribution in [3.63, 3.8) is 0 Å². The minimum Gasteiger partial charge on any atom is -0.391 e. The third-order valence-corrected chi connectivity index (χ3v) is 8.31. The van der Waals surface area contributed by atoms with E-state index in [0.717, 1.165) is 23.1 Å². The number of morpholine rings is 1. The minimum atomic E-state index is -1.42. The number of methoxy groups -OCH3 is 2. The zero-order valence-corrected chi connectivity index (χ0v) is 23.6. The summed E-state index contributed by atoms with van der Waals surface area (Å²) < 4.78 is 16.8. The van der Waals surface area contributed by atoms with Crippen LogP contribution in [0.2, 0.25) is 5.02 Å². The van der Waals surface area contributed by atoms with Gasteiger partial charge in [0.05, 0.1) is 25.9 Å². The Hall–Kier alpha value is -2.04. The quantitative estimate of drug-likeness (QED) is 0.360. The molecule has 0 bridgehead atoms. The van der Waals surface area contributed by atoms with Crippen molar-refractivity contribution in [2.45, 2.75) is 62.6 Å². The number of amides is 1. The average molecular weight is 561 g/mol. The second-order valence-electron chi connectivity index (χ2n) is 10.7. The third kappa shape index (κ3) is 6.82. The number of halogens is 1. The summed E-state index contributed by atoms with van der Waals surface area (Å²) in [5.41, 5.74) is 7.84. The average Bonchev–Trinajstić information content (AvgIpc) is 3.28. The molecule has 1 saturated carbocycles. The van der Waals surface area contributed by atoms with E-state index in [2.05, 4.69) is 0 Å². The number of aliphatic hydroxyl groups is 2. The van der Waals surface area contributed by atoms with Crippen LogP contribution < -0.4 is 5.73 Å². The van der Waals surface area contributed by atoms with Crippen molar-refractivity contribution in [3.8, 4) is 11.1 Å². The Morgan fingerprint density at radius 1 is 1.18 bits per heavy atom. The molecule has 2 aromatic carbocycles. The first-order chi connectivity index (χ1) is 18.8. The van der Waals surface area contributed by atoms with Gasteiger partial charge in [-0.1, -0.05) is 41.9 Å². The highest BCUT2D eigenvalue weighted by atomic mass is 35.5. The van der Waals surface area contributed by atoms with Crippen LogP contribution in [0.25, 0.3) is 11.1 Å². The lowest BCUT2D eigenvalue weighted by Gasteiger charge is -2.44. The van der Waals surface area contributed by atoms with Gasteiger partial charge in [0.1, 0.15) is 11.7 Å². The topological polar surface area (TPSA) is 114 Å². The van der Waals surface area contributed by atoms with Crippen molar-refractivity contribution in [3.05, 3.63) is 58.6 Å². The van der Waals surface area contributed by atoms with Crippen molar-refractivity contribution in [1.29, 1.82) is 0 Å². The molecule has 2 aromatic rings. The molecule has 1 aliphatic carbocycles. The summed E-state index contributed by atoms with van der Waals surface area (Å²) in [5, 5.41) is 23.2. The molecular weight excluding hydrogens is 520 g/mol. The second kappa shape index (κ2) is 13.5. The van der Waals surface area contributed by atoms with Crippen LogP contribution in [-0.4, -0.2) is 79.8 Å². The van der Waals surface area contributed by atoms with Gasteiger partial charge in [-0.3, -0.25) is 4.79 Å². The SMILES string of the molecule is COCCCC[C@](O)(c1cccc(Cl)c1-c1cccc(COC)c1)[C@H]1CN(C(=O)[C@H]2C[C@@H](N)[C@@H](O)C2)CCO1. The lowest BCUT2D eigenvalue weighted by Crippen LogP contribution is -2.55. The minimum absolute atomic E-state index is 0.0457. The van der Waals surface area contributed by atoms with E-state index in [9.17, 15) is 15.0 Å². The number of carbonyl (C=O) groups is 1. The molecule has 214 valence electrons. The largest absolute Gasteiger partial charge is 0.391 e. The maximum absolute atomic E-state index is 13.4. The van der Waals surface area contributed by atoms with Crippen molar-refractivity contribution >= 4 is 17.5 Å². The third-order valence-electron chi connectivity index (χ3n) is 8.00. The first kappa shape index (κ1) is 29.9. The van der Waals surface area contributed by atoms with Gasteiger partial charge in [0.2, 0.25) is 5.91 Å². The van der Waals surface area contributed by atoms with E-state index < -0.39 is 23.9 Å². The predicted molar refractivity (Wildman–Crippen MR) is 150 cm³/mol. The van der Waals surface area contributed by atoms with Crippen molar-refractivity contribution < 1.29 is 29.2 Å². The van der Waals surface area contributed by atoms with Crippen molar-refractivity contribution in [2.24, 2.45) is 11.7 Å². The molecule has 8 nitrogen and oxygen atoms in total. The van der Waals surface area contributed by atoms with E-state index in [1.807, 2.05) is 42.5 Å². The Labute approximate surface area is 236 Å². The van der Waals surface area contributed by atoms with E-state index in [0.29, 0.717) is 62.6 Å². The van der Waals surface area contributed by atoms with E-state index in [-0.39, 0.29) is 18.4 Å². The van der Waals surface area contributed by atoms with Crippen LogP contribution in [0.15, 0.2) is 42.5 Å². The number of nitrogens with zero attached hydrogens (tertiary/aromatic N) is 1. The van der Waals surface area contributed by atoms with Gasteiger partial charge >= 0.3 is 0 Å². The normalized spacial score (nSPS) is 25.0. The Kier molecular flexibility index (Phi) is 10.4. The van der Waals surface area contributed by atoms with E-state index >= 15 is 0 Å². The molecule has 1 saturated heterocycles. The van der Waals surface area contributed by atoms with Crippen molar-refractivity contribution in [2.75, 3.05) is 40.5 Å². The smallest absolute Gasteiger partial charge is 0.226 e. The first-order valence-corrected chi connectivity index (χ1v) is 14.1. The molecule has 9 heteroatoms. The number of rotatable bonds is 11. The fourth-order valence-electron chi connectivity index (χ4n) is 5.92. The Balaban J connectivity index is 1.69. The van der Waals surface area contributed by atoms with Crippen molar-refractivity contribution in [1.82, 2.24) is 4.90 Å². The highest BCUT2D eigenvalue weighted by molar-refractivity contribution is 6.33. The van der Waals surface area contributed by atoms with Crippen LogP contribution in [0.4, 0.5) is 0 Å². The Morgan fingerprint density at radius 2 is 1.97 bits per heavy atom. The molecule has 1 amide bonds. The molecule has 0 unspecified atom stereocenters. The lowest BCUT2D eigenvalue weighted by atomic mass is 9.78. The maximum atomic E-state index is 13.4. The summed E-state index contributed by atoms with van der Waals surface area (Å²) in [6, 6.07) is 13.1. The van der Waals surface area contributed by atoms with Crippen LogP contribution in [0.5, 0.6) is 0 Å². The molecule has 0 aromatic heterocycles. The standard InChI is InChI=1S/C30H41ClN2O6/c1-37-13-4-3-11-30(36,27-18-33(12-14-39-27)29(35)22-16-25(32)26(34)17-22)23-9-6-10-24(31)28(23)21-8-5-7-20(15-21)19-38-2/h5-10,15,22,25-27,34,36H,3-4,11-14,16-19,32H2,1-2H3/t22-,25+,26-,27+,30-/m0/s1. The number of ether oxygens (including phenoxy) is 3. The summed E-state index contributed by atoms with van der Waals surface area (Å²) in [6.45, 7) is 2.00. The molecule has 1 aliphatic heterocycles. The van der Waals surface area contributed by atoms with E-state index in [1.165, 1.54) is 0 Å². The molecule has 1 heterocycles. The van der Waals surface area contributed by atoms with Gasteiger partial charge in [0.25, 0.3) is 0 Å². The van der Waals surface area contributed by atoms with Gasteiger partial charge in [0.15, 0.2) is 0 Å². The molecule has 2 fully saturated rings.